The van der Waals surface area contributed by atoms with E-state index in [-0.39, 0.29) is 5.97 Å². The standard InChI is InChI=1S/C31H32N4O3S/c1-4-17-37-29(36)27-22(3)32-30-33-31(39-20-24-9-6-5-7-10-24)34-35(30)28(27)25-11-8-12-26(18-25)38-19-23-15-13-21(2)14-16-23/h5-16,18,28H,4,17,19-20H2,1-3H3,(H,32,33,34). The minimum absolute atomic E-state index is 0.352. The fourth-order valence-corrected chi connectivity index (χ4v) is 5.17. The maximum Gasteiger partial charge on any atom is 0.338 e. The van der Waals surface area contributed by atoms with Crippen LogP contribution in [-0.2, 0) is 21.9 Å². The highest BCUT2D eigenvalue weighted by Gasteiger charge is 2.35. The Bertz CT molecular complexity index is 1460. The first-order valence-electron chi connectivity index (χ1n) is 13.1. The van der Waals surface area contributed by atoms with Gasteiger partial charge in [-0.25, -0.2) is 9.48 Å². The summed E-state index contributed by atoms with van der Waals surface area (Å²) in [6.45, 7) is 6.72. The molecule has 0 saturated heterocycles. The number of carbonyl (C=O) groups excluding carboxylic acids is 1. The maximum atomic E-state index is 13.3. The molecule has 0 spiro atoms. The lowest BCUT2D eigenvalue weighted by atomic mass is 9.95. The van der Waals surface area contributed by atoms with Gasteiger partial charge in [0.25, 0.3) is 0 Å². The lowest BCUT2D eigenvalue weighted by molar-refractivity contribution is -0.139. The number of benzene rings is 3. The summed E-state index contributed by atoms with van der Waals surface area (Å²) < 4.78 is 13.5. The lowest BCUT2D eigenvalue weighted by Gasteiger charge is -2.28. The van der Waals surface area contributed by atoms with Gasteiger partial charge >= 0.3 is 5.97 Å². The van der Waals surface area contributed by atoms with Gasteiger partial charge in [-0.15, -0.1) is 5.10 Å². The van der Waals surface area contributed by atoms with E-state index in [0.717, 1.165) is 23.3 Å². The van der Waals surface area contributed by atoms with Gasteiger partial charge in [-0.2, -0.15) is 4.98 Å². The molecule has 0 radical (unpaired) electrons. The monoisotopic (exact) mass is 540 g/mol. The Morgan fingerprint density at radius 3 is 2.56 bits per heavy atom. The van der Waals surface area contributed by atoms with Gasteiger partial charge in [-0.1, -0.05) is 91.0 Å². The van der Waals surface area contributed by atoms with Crippen molar-refractivity contribution in [1.29, 1.82) is 0 Å². The molecule has 1 aromatic heterocycles. The summed E-state index contributed by atoms with van der Waals surface area (Å²) in [4.78, 5) is 18.0. The number of fused-ring (bicyclic) bond motifs is 1. The van der Waals surface area contributed by atoms with E-state index in [4.69, 9.17) is 19.6 Å². The molecular weight excluding hydrogens is 508 g/mol. The molecule has 2 heterocycles. The molecule has 5 rings (SSSR count). The van der Waals surface area contributed by atoms with Gasteiger partial charge in [0.15, 0.2) is 0 Å². The van der Waals surface area contributed by atoms with E-state index in [0.29, 0.717) is 41.3 Å². The summed E-state index contributed by atoms with van der Waals surface area (Å²) in [6, 6.07) is 25.8. The van der Waals surface area contributed by atoms with Crippen LogP contribution in [0.4, 0.5) is 5.95 Å². The van der Waals surface area contributed by atoms with E-state index in [2.05, 4.69) is 48.6 Å². The van der Waals surface area contributed by atoms with Crippen molar-refractivity contribution in [2.24, 2.45) is 0 Å². The first-order chi connectivity index (χ1) is 19.0. The van der Waals surface area contributed by atoms with E-state index in [9.17, 15) is 4.79 Å². The number of aryl methyl sites for hydroxylation is 1. The maximum absolute atomic E-state index is 13.3. The zero-order valence-electron chi connectivity index (χ0n) is 22.4. The summed E-state index contributed by atoms with van der Waals surface area (Å²) >= 11 is 1.56. The van der Waals surface area contributed by atoms with Crippen molar-refractivity contribution in [3.8, 4) is 5.75 Å². The smallest absolute Gasteiger partial charge is 0.338 e. The number of aromatic nitrogens is 3. The molecule has 1 unspecified atom stereocenters. The van der Waals surface area contributed by atoms with E-state index in [1.165, 1.54) is 11.1 Å². The lowest BCUT2D eigenvalue weighted by Crippen LogP contribution is -2.29. The third-order valence-corrected chi connectivity index (χ3v) is 7.31. The Labute approximate surface area is 233 Å². The zero-order chi connectivity index (χ0) is 27.2. The second kappa shape index (κ2) is 12.2. The van der Waals surface area contributed by atoms with Crippen LogP contribution in [0.1, 0.15) is 48.6 Å². The third kappa shape index (κ3) is 6.34. The van der Waals surface area contributed by atoms with E-state index in [1.54, 1.807) is 16.4 Å². The number of rotatable bonds is 10. The molecule has 0 bridgehead atoms. The van der Waals surface area contributed by atoms with Crippen molar-refractivity contribution in [3.63, 3.8) is 0 Å². The second-order valence-electron chi connectivity index (χ2n) is 9.49. The number of carbonyl (C=O) groups is 1. The average Bonchev–Trinajstić information content (AvgIpc) is 3.36. The first kappa shape index (κ1) is 26.6. The number of ether oxygens (including phenoxy) is 2. The fourth-order valence-electron chi connectivity index (χ4n) is 4.39. The molecule has 1 aliphatic rings. The fraction of sp³-hybridized carbons (Fsp3) is 0.258. The van der Waals surface area contributed by atoms with Crippen LogP contribution in [0.25, 0.3) is 0 Å². The van der Waals surface area contributed by atoms with Gasteiger partial charge in [-0.05, 0) is 49.1 Å². The molecule has 0 saturated carbocycles. The number of hydrogen-bond donors (Lipinski definition) is 1. The summed E-state index contributed by atoms with van der Waals surface area (Å²) in [7, 11) is 0. The Kier molecular flexibility index (Phi) is 8.32. The Morgan fingerprint density at radius 1 is 1.00 bits per heavy atom. The van der Waals surface area contributed by atoms with Gasteiger partial charge < -0.3 is 14.8 Å². The zero-order valence-corrected chi connectivity index (χ0v) is 23.2. The van der Waals surface area contributed by atoms with Gasteiger partial charge in [0.05, 0.1) is 12.2 Å². The van der Waals surface area contributed by atoms with Crippen molar-refractivity contribution < 1.29 is 14.3 Å². The predicted molar refractivity (Wildman–Crippen MR) is 154 cm³/mol. The molecule has 1 N–H and O–H groups in total. The highest BCUT2D eigenvalue weighted by Crippen LogP contribution is 2.38. The molecule has 0 amide bonds. The summed E-state index contributed by atoms with van der Waals surface area (Å²) in [6.07, 6.45) is 0.743. The number of anilines is 1. The van der Waals surface area contributed by atoms with Crippen molar-refractivity contribution in [2.45, 2.75) is 50.8 Å². The Hall–Kier alpha value is -4.04. The van der Waals surface area contributed by atoms with Crippen LogP contribution >= 0.6 is 11.8 Å². The van der Waals surface area contributed by atoms with Crippen LogP contribution in [0, 0.1) is 6.92 Å². The molecular formula is C31H32N4O3S. The molecule has 0 aliphatic carbocycles. The number of nitrogens with one attached hydrogen (secondary N) is 1. The SMILES string of the molecule is CCCOC(=O)C1=C(C)Nc2nc(SCc3ccccc3)nn2C1c1cccc(OCc2ccc(C)cc2)c1. The number of allylic oxidation sites excluding steroid dienone is 1. The molecule has 7 nitrogen and oxygen atoms in total. The minimum atomic E-state index is -0.507. The molecule has 8 heteroatoms. The Balaban J connectivity index is 1.45. The first-order valence-corrected chi connectivity index (χ1v) is 14.1. The quantitative estimate of drug-likeness (QED) is 0.177. The third-order valence-electron chi connectivity index (χ3n) is 6.40. The molecule has 200 valence electrons. The number of hydrogen-bond acceptors (Lipinski definition) is 7. The normalized spacial score (nSPS) is 14.5. The highest BCUT2D eigenvalue weighted by atomic mass is 32.2. The van der Waals surface area contributed by atoms with Crippen LogP contribution in [0.2, 0.25) is 0 Å². The molecule has 1 atom stereocenters. The summed E-state index contributed by atoms with van der Waals surface area (Å²) in [5, 5.41) is 8.73. The Morgan fingerprint density at radius 2 is 1.79 bits per heavy atom. The molecule has 1 aliphatic heterocycles. The van der Waals surface area contributed by atoms with Gasteiger partial charge in [0.1, 0.15) is 18.4 Å². The highest BCUT2D eigenvalue weighted by molar-refractivity contribution is 7.98. The molecule has 0 fully saturated rings. The van der Waals surface area contributed by atoms with Crippen LogP contribution < -0.4 is 10.1 Å². The summed E-state index contributed by atoms with van der Waals surface area (Å²) in [5.41, 5.74) is 5.57. The molecule has 3 aromatic carbocycles. The van der Waals surface area contributed by atoms with Gasteiger partial charge in [0, 0.05) is 11.4 Å². The van der Waals surface area contributed by atoms with Crippen molar-refractivity contribution in [2.75, 3.05) is 11.9 Å². The topological polar surface area (TPSA) is 78.3 Å². The second-order valence-corrected chi connectivity index (χ2v) is 10.4. The van der Waals surface area contributed by atoms with Gasteiger partial charge in [0.2, 0.25) is 11.1 Å². The largest absolute Gasteiger partial charge is 0.489 e. The number of esters is 1. The van der Waals surface area contributed by atoms with E-state index in [1.807, 2.05) is 56.3 Å². The number of thioether (sulfide) groups is 1. The van der Waals surface area contributed by atoms with E-state index >= 15 is 0 Å². The van der Waals surface area contributed by atoms with Crippen molar-refractivity contribution >= 4 is 23.7 Å². The number of nitrogens with zero attached hydrogens (tertiary/aromatic N) is 3. The predicted octanol–water partition coefficient (Wildman–Crippen LogP) is 6.70. The van der Waals surface area contributed by atoms with Crippen molar-refractivity contribution in [3.05, 3.63) is 112 Å². The van der Waals surface area contributed by atoms with Gasteiger partial charge in [-0.3, -0.25) is 0 Å². The van der Waals surface area contributed by atoms with Crippen molar-refractivity contribution in [1.82, 2.24) is 14.8 Å². The van der Waals surface area contributed by atoms with Crippen LogP contribution in [0.15, 0.2) is 95.3 Å². The van der Waals surface area contributed by atoms with Crippen LogP contribution in [0.5, 0.6) is 5.75 Å². The molecule has 39 heavy (non-hydrogen) atoms. The average molecular weight is 541 g/mol. The van der Waals surface area contributed by atoms with E-state index < -0.39 is 6.04 Å². The summed E-state index contributed by atoms with van der Waals surface area (Å²) in [5.74, 6) is 1.68. The minimum Gasteiger partial charge on any atom is -0.489 e. The molecule has 4 aromatic rings. The van der Waals surface area contributed by atoms with Crippen LogP contribution in [-0.4, -0.2) is 27.3 Å². The van der Waals surface area contributed by atoms with Crippen LogP contribution in [0.3, 0.4) is 0 Å².